The number of carbonyl (C=O) groups excluding carboxylic acids is 2. The topological polar surface area (TPSA) is 58.6 Å². The number of ether oxygens (including phenoxy) is 1. The molecule has 0 aromatic heterocycles. The van der Waals surface area contributed by atoms with E-state index in [1.807, 2.05) is 32.6 Å². The first kappa shape index (κ1) is 16.3. The molecular formula is C16H28N2O3. The molecule has 0 spiro atoms. The van der Waals surface area contributed by atoms with E-state index < -0.39 is 11.6 Å². The van der Waals surface area contributed by atoms with Gasteiger partial charge in [-0.2, -0.15) is 0 Å². The van der Waals surface area contributed by atoms with Gasteiger partial charge in [0.1, 0.15) is 11.6 Å². The Balaban J connectivity index is 2.39. The van der Waals surface area contributed by atoms with Gasteiger partial charge in [0.2, 0.25) is 11.8 Å². The molecule has 2 rings (SSSR count). The van der Waals surface area contributed by atoms with E-state index in [0.29, 0.717) is 6.42 Å². The number of hydrogen-bond acceptors (Lipinski definition) is 3. The standard InChI is InChI=1S/C16H28N2O3/c1-6-16(4)15(20)18(11-8-7-9-12(11)21-5)13(10(2)3)14(19)17-16/h10-13H,6-9H2,1-5H3,(H,17,19). The maximum absolute atomic E-state index is 13.0. The van der Waals surface area contributed by atoms with Crippen LogP contribution in [0.25, 0.3) is 0 Å². The van der Waals surface area contributed by atoms with Crippen LogP contribution < -0.4 is 5.32 Å². The van der Waals surface area contributed by atoms with Crippen molar-refractivity contribution in [1.82, 2.24) is 10.2 Å². The van der Waals surface area contributed by atoms with Gasteiger partial charge in [-0.15, -0.1) is 0 Å². The number of methoxy groups -OCH3 is 1. The second-order valence-corrected chi connectivity index (χ2v) is 6.85. The summed E-state index contributed by atoms with van der Waals surface area (Å²) < 4.78 is 5.56. The molecule has 0 radical (unpaired) electrons. The van der Waals surface area contributed by atoms with Crippen molar-refractivity contribution in [2.45, 2.75) is 77.1 Å². The minimum absolute atomic E-state index is 0.0202. The van der Waals surface area contributed by atoms with Crippen LogP contribution in [-0.2, 0) is 14.3 Å². The third-order valence-electron chi connectivity index (χ3n) is 5.09. The van der Waals surface area contributed by atoms with Crippen LogP contribution in [0.1, 0.15) is 53.4 Å². The van der Waals surface area contributed by atoms with Crippen LogP contribution in [0.3, 0.4) is 0 Å². The molecule has 120 valence electrons. The van der Waals surface area contributed by atoms with E-state index >= 15 is 0 Å². The minimum Gasteiger partial charge on any atom is -0.379 e. The fourth-order valence-electron chi connectivity index (χ4n) is 3.66. The lowest BCUT2D eigenvalue weighted by Crippen LogP contribution is -2.72. The van der Waals surface area contributed by atoms with Gasteiger partial charge in [-0.05, 0) is 38.5 Å². The monoisotopic (exact) mass is 296 g/mol. The third kappa shape index (κ3) is 2.68. The zero-order chi connectivity index (χ0) is 15.8. The summed E-state index contributed by atoms with van der Waals surface area (Å²) in [6.45, 7) is 7.76. The Morgan fingerprint density at radius 2 is 2.05 bits per heavy atom. The largest absolute Gasteiger partial charge is 0.379 e. The minimum atomic E-state index is -0.788. The lowest BCUT2D eigenvalue weighted by atomic mass is 9.86. The van der Waals surface area contributed by atoms with E-state index in [4.69, 9.17) is 4.74 Å². The summed E-state index contributed by atoms with van der Waals surface area (Å²) in [5, 5.41) is 2.94. The highest BCUT2D eigenvalue weighted by Gasteiger charge is 2.52. The maximum Gasteiger partial charge on any atom is 0.249 e. The molecule has 0 aromatic rings. The highest BCUT2D eigenvalue weighted by Crippen LogP contribution is 2.34. The van der Waals surface area contributed by atoms with Crippen LogP contribution in [0, 0.1) is 5.92 Å². The van der Waals surface area contributed by atoms with Crippen molar-refractivity contribution >= 4 is 11.8 Å². The van der Waals surface area contributed by atoms with Crippen molar-refractivity contribution in [3.8, 4) is 0 Å². The summed E-state index contributed by atoms with van der Waals surface area (Å²) >= 11 is 0. The number of nitrogens with zero attached hydrogens (tertiary/aromatic N) is 1. The zero-order valence-corrected chi connectivity index (χ0v) is 13.8. The first-order chi connectivity index (χ1) is 9.85. The fraction of sp³-hybridized carbons (Fsp3) is 0.875. The van der Waals surface area contributed by atoms with Crippen LogP contribution >= 0.6 is 0 Å². The van der Waals surface area contributed by atoms with Gasteiger partial charge in [-0.3, -0.25) is 9.59 Å². The first-order valence-corrected chi connectivity index (χ1v) is 8.03. The predicted molar refractivity (Wildman–Crippen MR) is 80.7 cm³/mol. The molecule has 21 heavy (non-hydrogen) atoms. The van der Waals surface area contributed by atoms with Crippen LogP contribution in [0.2, 0.25) is 0 Å². The Labute approximate surface area is 127 Å². The van der Waals surface area contributed by atoms with Gasteiger partial charge >= 0.3 is 0 Å². The van der Waals surface area contributed by atoms with Gasteiger partial charge in [0.25, 0.3) is 0 Å². The molecule has 1 N–H and O–H groups in total. The number of amides is 2. The van der Waals surface area contributed by atoms with E-state index in [2.05, 4.69) is 5.32 Å². The molecule has 0 bridgehead atoms. The average Bonchev–Trinajstić information content (AvgIpc) is 2.90. The molecular weight excluding hydrogens is 268 g/mol. The summed E-state index contributed by atoms with van der Waals surface area (Å²) in [6, 6.07) is -0.371. The Morgan fingerprint density at radius 1 is 1.38 bits per heavy atom. The van der Waals surface area contributed by atoms with Crippen molar-refractivity contribution < 1.29 is 14.3 Å². The Hall–Kier alpha value is -1.10. The number of hydrogen-bond donors (Lipinski definition) is 1. The molecule has 1 heterocycles. The predicted octanol–water partition coefficient (Wildman–Crippen LogP) is 1.71. The summed E-state index contributed by atoms with van der Waals surface area (Å²) in [5.41, 5.74) is -0.788. The summed E-state index contributed by atoms with van der Waals surface area (Å²) in [7, 11) is 1.70. The number of carbonyl (C=O) groups is 2. The molecule has 1 aliphatic heterocycles. The van der Waals surface area contributed by atoms with Crippen LogP contribution in [0.4, 0.5) is 0 Å². The quantitative estimate of drug-likeness (QED) is 0.859. The SMILES string of the molecule is CCC1(C)NC(=O)C(C(C)C)N(C2CCCC2OC)C1=O. The molecule has 5 heteroatoms. The summed E-state index contributed by atoms with van der Waals surface area (Å²) in [4.78, 5) is 27.5. The van der Waals surface area contributed by atoms with Gasteiger partial charge < -0.3 is 15.0 Å². The first-order valence-electron chi connectivity index (χ1n) is 8.03. The van der Waals surface area contributed by atoms with Crippen molar-refractivity contribution in [3.05, 3.63) is 0 Å². The zero-order valence-electron chi connectivity index (χ0n) is 13.8. The molecule has 5 nitrogen and oxygen atoms in total. The van der Waals surface area contributed by atoms with Crippen LogP contribution in [0.5, 0.6) is 0 Å². The molecule has 1 saturated carbocycles. The smallest absolute Gasteiger partial charge is 0.249 e. The molecule has 1 saturated heterocycles. The molecule has 2 fully saturated rings. The Kier molecular flexibility index (Phi) is 4.61. The van der Waals surface area contributed by atoms with Crippen molar-refractivity contribution in [3.63, 3.8) is 0 Å². The van der Waals surface area contributed by atoms with E-state index in [9.17, 15) is 9.59 Å². The number of rotatable bonds is 4. The van der Waals surface area contributed by atoms with Crippen molar-refractivity contribution in [2.24, 2.45) is 5.92 Å². The van der Waals surface area contributed by atoms with Gasteiger partial charge in [0, 0.05) is 7.11 Å². The van der Waals surface area contributed by atoms with E-state index in [-0.39, 0.29) is 29.9 Å². The highest BCUT2D eigenvalue weighted by molar-refractivity contribution is 5.99. The maximum atomic E-state index is 13.0. The second kappa shape index (κ2) is 5.95. The molecule has 4 unspecified atom stereocenters. The molecule has 1 aliphatic carbocycles. The average molecular weight is 296 g/mol. The number of nitrogens with one attached hydrogen (secondary N) is 1. The number of piperazine rings is 1. The molecule has 0 aromatic carbocycles. The molecule has 2 aliphatic rings. The summed E-state index contributed by atoms with van der Waals surface area (Å²) in [6.07, 6.45) is 3.56. The van der Waals surface area contributed by atoms with E-state index in [0.717, 1.165) is 19.3 Å². The van der Waals surface area contributed by atoms with Crippen molar-refractivity contribution in [1.29, 1.82) is 0 Å². The Bertz CT molecular complexity index is 424. The van der Waals surface area contributed by atoms with Gasteiger partial charge in [0.05, 0.1) is 12.1 Å². The van der Waals surface area contributed by atoms with E-state index in [1.165, 1.54) is 0 Å². The van der Waals surface area contributed by atoms with Crippen LogP contribution in [-0.4, -0.2) is 47.6 Å². The van der Waals surface area contributed by atoms with Crippen LogP contribution in [0.15, 0.2) is 0 Å². The Morgan fingerprint density at radius 3 is 2.57 bits per heavy atom. The summed E-state index contributed by atoms with van der Waals surface area (Å²) in [5.74, 6) is 0.0985. The lowest BCUT2D eigenvalue weighted by Gasteiger charge is -2.49. The fourth-order valence-corrected chi connectivity index (χ4v) is 3.66. The molecule has 2 amide bonds. The molecule has 4 atom stereocenters. The van der Waals surface area contributed by atoms with E-state index in [1.54, 1.807) is 7.11 Å². The highest BCUT2D eigenvalue weighted by atomic mass is 16.5. The second-order valence-electron chi connectivity index (χ2n) is 6.85. The van der Waals surface area contributed by atoms with Crippen molar-refractivity contribution in [2.75, 3.05) is 7.11 Å². The normalized spacial score (nSPS) is 37.2. The van der Waals surface area contributed by atoms with Gasteiger partial charge in [-0.1, -0.05) is 20.8 Å². The lowest BCUT2D eigenvalue weighted by molar-refractivity contribution is -0.162. The third-order valence-corrected chi connectivity index (χ3v) is 5.09. The van der Waals surface area contributed by atoms with Gasteiger partial charge in [-0.25, -0.2) is 0 Å². The van der Waals surface area contributed by atoms with Gasteiger partial charge in [0.15, 0.2) is 0 Å².